The molecule has 4 heteroatoms. The van der Waals surface area contributed by atoms with Gasteiger partial charge in [-0.25, -0.2) is 0 Å². The number of aliphatic imine (C=N–C) groups is 1. The molecule has 0 aromatic heterocycles. The maximum absolute atomic E-state index is 11.2. The molecule has 0 bridgehead atoms. The van der Waals surface area contributed by atoms with E-state index in [1.165, 1.54) is 0 Å². The summed E-state index contributed by atoms with van der Waals surface area (Å²) in [5, 5.41) is 0. The lowest BCUT2D eigenvalue weighted by Crippen LogP contribution is -1.96. The number of halogens is 1. The van der Waals surface area contributed by atoms with Gasteiger partial charge in [-0.15, -0.1) is 17.0 Å². The molecular weight excluding hydrogens is 354 g/mol. The minimum absolute atomic E-state index is 0. The van der Waals surface area contributed by atoms with Gasteiger partial charge in [-0.2, -0.15) is 0 Å². The molecule has 0 saturated heterocycles. The molecule has 3 nitrogen and oxygen atoms in total. The van der Waals surface area contributed by atoms with Gasteiger partial charge in [0, 0.05) is 11.8 Å². The number of ether oxygens (including phenoxy) is 1. The van der Waals surface area contributed by atoms with Crippen LogP contribution in [0.25, 0.3) is 0 Å². The summed E-state index contributed by atoms with van der Waals surface area (Å²) in [7, 11) is 0. The highest BCUT2D eigenvalue weighted by atomic mass is 79.9. The van der Waals surface area contributed by atoms with Crippen LogP contribution in [0, 0.1) is 0 Å². The Morgan fingerprint density at radius 3 is 2.30 bits per heavy atom. The van der Waals surface area contributed by atoms with Gasteiger partial charge in [0.15, 0.2) is 5.78 Å². The summed E-state index contributed by atoms with van der Waals surface area (Å²) in [4.78, 5) is 15.6. The van der Waals surface area contributed by atoms with Gasteiger partial charge in [0.2, 0.25) is 0 Å². The third-order valence-corrected chi connectivity index (χ3v) is 3.28. The topological polar surface area (TPSA) is 38.7 Å². The van der Waals surface area contributed by atoms with Crippen LogP contribution in [0.15, 0.2) is 53.5 Å². The summed E-state index contributed by atoms with van der Waals surface area (Å²) >= 11 is 0. The van der Waals surface area contributed by atoms with Crippen LogP contribution in [0.5, 0.6) is 5.75 Å². The van der Waals surface area contributed by atoms with Gasteiger partial charge in [0.1, 0.15) is 5.75 Å². The average molecular weight is 376 g/mol. The molecule has 0 N–H and O–H groups in total. The second-order valence-electron chi connectivity index (χ2n) is 5.13. The van der Waals surface area contributed by atoms with Gasteiger partial charge < -0.3 is 4.74 Å². The van der Waals surface area contributed by atoms with E-state index in [-0.39, 0.29) is 22.8 Å². The summed E-state index contributed by atoms with van der Waals surface area (Å²) < 4.78 is 5.62. The van der Waals surface area contributed by atoms with Crippen LogP contribution in [0.3, 0.4) is 0 Å². The zero-order valence-corrected chi connectivity index (χ0v) is 15.2. The van der Waals surface area contributed by atoms with Crippen molar-refractivity contribution in [1.29, 1.82) is 0 Å². The second-order valence-corrected chi connectivity index (χ2v) is 5.13. The third-order valence-electron chi connectivity index (χ3n) is 3.28. The smallest absolute Gasteiger partial charge is 0.159 e. The number of benzene rings is 2. The Labute approximate surface area is 148 Å². The van der Waals surface area contributed by atoms with E-state index in [1.54, 1.807) is 25.3 Å². The van der Waals surface area contributed by atoms with Gasteiger partial charge in [-0.1, -0.05) is 13.3 Å². The molecule has 0 aliphatic carbocycles. The number of nitrogens with zero attached hydrogens (tertiary/aromatic N) is 1. The molecule has 2 aromatic carbocycles. The Morgan fingerprint density at radius 2 is 1.74 bits per heavy atom. The van der Waals surface area contributed by atoms with Crippen molar-refractivity contribution in [3.8, 4) is 5.75 Å². The van der Waals surface area contributed by atoms with Crippen LogP contribution >= 0.6 is 17.0 Å². The Morgan fingerprint density at radius 1 is 1.09 bits per heavy atom. The first-order chi connectivity index (χ1) is 10.7. The summed E-state index contributed by atoms with van der Waals surface area (Å²) in [6.07, 6.45) is 4.01. The molecule has 2 rings (SSSR count). The third kappa shape index (κ3) is 6.37. The van der Waals surface area contributed by atoms with E-state index in [2.05, 4.69) is 11.9 Å². The first kappa shape index (κ1) is 19.1. The van der Waals surface area contributed by atoms with Gasteiger partial charge >= 0.3 is 0 Å². The predicted octanol–water partition coefficient (Wildman–Crippen LogP) is 5.40. The maximum atomic E-state index is 11.2. The van der Waals surface area contributed by atoms with E-state index >= 15 is 0 Å². The van der Waals surface area contributed by atoms with Gasteiger partial charge in [0.25, 0.3) is 0 Å². The van der Waals surface area contributed by atoms with Gasteiger partial charge in [0.05, 0.1) is 12.3 Å². The number of carbonyl (C=O) groups is 1. The molecule has 23 heavy (non-hydrogen) atoms. The highest BCUT2D eigenvalue weighted by Crippen LogP contribution is 2.15. The highest BCUT2D eigenvalue weighted by molar-refractivity contribution is 8.93. The Bertz CT molecular complexity index is 633. The molecule has 0 radical (unpaired) electrons. The van der Waals surface area contributed by atoms with Crippen molar-refractivity contribution in [1.82, 2.24) is 0 Å². The van der Waals surface area contributed by atoms with Crippen molar-refractivity contribution in [2.45, 2.75) is 26.7 Å². The average Bonchev–Trinajstić information content (AvgIpc) is 2.55. The van der Waals surface area contributed by atoms with E-state index in [0.29, 0.717) is 5.56 Å². The van der Waals surface area contributed by atoms with Gasteiger partial charge in [-0.3, -0.25) is 9.79 Å². The molecule has 0 amide bonds. The molecule has 0 saturated carbocycles. The lowest BCUT2D eigenvalue weighted by Gasteiger charge is -2.04. The van der Waals surface area contributed by atoms with Crippen molar-refractivity contribution in [2.24, 2.45) is 4.99 Å². The maximum Gasteiger partial charge on any atom is 0.159 e. The van der Waals surface area contributed by atoms with E-state index in [1.807, 2.05) is 36.4 Å². The molecule has 0 spiro atoms. The van der Waals surface area contributed by atoms with Gasteiger partial charge in [-0.05, 0) is 67.4 Å². The molecule has 0 heterocycles. The fraction of sp³-hybridized carbons (Fsp3) is 0.263. The standard InChI is InChI=1S/C19H21NO2.BrH/c1-3-4-13-22-19-11-5-16(6-12-19)14-20-18-9-7-17(8-10-18)15(2)21;/h5-12,14H,3-4,13H2,1-2H3;1H. The number of hydrogen-bond donors (Lipinski definition) is 0. The molecule has 0 atom stereocenters. The molecule has 0 fully saturated rings. The predicted molar refractivity (Wildman–Crippen MR) is 101 cm³/mol. The fourth-order valence-corrected chi connectivity index (χ4v) is 1.92. The minimum Gasteiger partial charge on any atom is -0.494 e. The number of hydrogen-bond acceptors (Lipinski definition) is 3. The second kappa shape index (κ2) is 9.95. The first-order valence-corrected chi connectivity index (χ1v) is 7.57. The van der Waals surface area contributed by atoms with E-state index in [0.717, 1.165) is 36.4 Å². The largest absolute Gasteiger partial charge is 0.494 e. The fourth-order valence-electron chi connectivity index (χ4n) is 1.92. The van der Waals surface area contributed by atoms with Crippen LogP contribution in [0.2, 0.25) is 0 Å². The van der Waals surface area contributed by atoms with Crippen molar-refractivity contribution < 1.29 is 9.53 Å². The number of carbonyl (C=O) groups excluding carboxylic acids is 1. The quantitative estimate of drug-likeness (QED) is 0.369. The van der Waals surface area contributed by atoms with Crippen molar-refractivity contribution in [2.75, 3.05) is 6.61 Å². The summed E-state index contributed by atoms with van der Waals surface area (Å²) in [6, 6.07) is 15.1. The number of Topliss-reactive ketones (excluding diaryl/α,β-unsaturated/α-hetero) is 1. The SMILES string of the molecule is Br.CCCCOc1ccc(C=Nc2ccc(C(C)=O)cc2)cc1. The molecule has 2 aromatic rings. The molecule has 0 aliphatic rings. The van der Waals surface area contributed by atoms with E-state index in [4.69, 9.17) is 4.74 Å². The Balaban J connectivity index is 0.00000264. The van der Waals surface area contributed by atoms with Crippen LogP contribution in [0.4, 0.5) is 5.69 Å². The first-order valence-electron chi connectivity index (χ1n) is 7.57. The summed E-state index contributed by atoms with van der Waals surface area (Å²) in [5.74, 6) is 0.950. The normalized spacial score (nSPS) is 10.3. The van der Waals surface area contributed by atoms with E-state index < -0.39 is 0 Å². The lowest BCUT2D eigenvalue weighted by molar-refractivity contribution is 0.101. The molecular formula is C19H22BrNO2. The highest BCUT2D eigenvalue weighted by Gasteiger charge is 1.98. The summed E-state index contributed by atoms with van der Waals surface area (Å²) in [5.41, 5.74) is 2.54. The van der Waals surface area contributed by atoms with Crippen LogP contribution < -0.4 is 4.74 Å². The van der Waals surface area contributed by atoms with E-state index in [9.17, 15) is 4.79 Å². The van der Waals surface area contributed by atoms with Crippen molar-refractivity contribution in [3.63, 3.8) is 0 Å². The minimum atomic E-state index is 0. The Hall–Kier alpha value is -1.94. The number of rotatable bonds is 7. The number of unbranched alkanes of at least 4 members (excludes halogenated alkanes) is 1. The molecule has 122 valence electrons. The van der Waals surface area contributed by atoms with Crippen LogP contribution in [-0.4, -0.2) is 18.6 Å². The monoisotopic (exact) mass is 375 g/mol. The van der Waals surface area contributed by atoms with Crippen LogP contribution in [0.1, 0.15) is 42.6 Å². The number of ketones is 1. The van der Waals surface area contributed by atoms with Crippen molar-refractivity contribution in [3.05, 3.63) is 59.7 Å². The zero-order chi connectivity index (χ0) is 15.8. The summed E-state index contributed by atoms with van der Waals surface area (Å²) in [6.45, 7) is 4.46. The Kier molecular flexibility index (Phi) is 8.27. The zero-order valence-electron chi connectivity index (χ0n) is 13.5. The molecule has 0 aliphatic heterocycles. The van der Waals surface area contributed by atoms with Crippen molar-refractivity contribution >= 4 is 34.7 Å². The lowest BCUT2D eigenvalue weighted by atomic mass is 10.1. The molecule has 0 unspecified atom stereocenters. The van der Waals surface area contributed by atoms with Crippen LogP contribution in [-0.2, 0) is 0 Å².